The van der Waals surface area contributed by atoms with Crippen molar-refractivity contribution in [3.05, 3.63) is 23.8 Å². The van der Waals surface area contributed by atoms with Crippen LogP contribution in [0, 0.1) is 0 Å². The Hall–Kier alpha value is -1.59. The molecule has 0 fully saturated rings. The van der Waals surface area contributed by atoms with Crippen LogP contribution in [0.4, 0.5) is 5.69 Å². The molecule has 2 rings (SSSR count). The van der Waals surface area contributed by atoms with Crippen LogP contribution in [0.1, 0.15) is 18.9 Å². The lowest BCUT2D eigenvalue weighted by molar-refractivity contribution is -0.125. The fourth-order valence-corrected chi connectivity index (χ4v) is 2.25. The van der Waals surface area contributed by atoms with Gasteiger partial charge in [0.2, 0.25) is 0 Å². The smallest absolute Gasteiger partial charge is 0.267 e. The van der Waals surface area contributed by atoms with Crippen molar-refractivity contribution in [2.24, 2.45) is 5.73 Å². The van der Waals surface area contributed by atoms with Gasteiger partial charge in [-0.2, -0.15) is 0 Å². The normalized spacial score (nSPS) is 18.2. The fourth-order valence-electron chi connectivity index (χ4n) is 2.25. The van der Waals surface area contributed by atoms with Crippen molar-refractivity contribution in [3.63, 3.8) is 0 Å². The van der Waals surface area contributed by atoms with E-state index in [9.17, 15) is 4.79 Å². The van der Waals surface area contributed by atoms with Crippen molar-refractivity contribution in [3.8, 4) is 5.75 Å². The summed E-state index contributed by atoms with van der Waals surface area (Å²) in [5.41, 5.74) is 7.52. The first-order chi connectivity index (χ1) is 9.17. The topological polar surface area (TPSA) is 67.6 Å². The average molecular weight is 263 g/mol. The number of carbonyl (C=O) groups excluding carboxylic acids is 1. The molecule has 1 unspecified atom stereocenters. The zero-order valence-corrected chi connectivity index (χ0v) is 11.5. The minimum absolute atomic E-state index is 0.00237. The number of amides is 1. The van der Waals surface area contributed by atoms with Crippen LogP contribution in [0.15, 0.2) is 18.2 Å². The van der Waals surface area contributed by atoms with Gasteiger partial charge in [-0.3, -0.25) is 4.79 Å². The van der Waals surface area contributed by atoms with E-state index in [1.807, 2.05) is 25.2 Å². The summed E-state index contributed by atoms with van der Waals surface area (Å²) in [6.07, 6.45) is 0.356. The van der Waals surface area contributed by atoms with Crippen LogP contribution >= 0.6 is 0 Å². The Balaban J connectivity index is 2.33. The third-order valence-electron chi connectivity index (χ3n) is 3.20. The van der Waals surface area contributed by atoms with Gasteiger partial charge < -0.3 is 20.7 Å². The van der Waals surface area contributed by atoms with Crippen LogP contribution in [0.2, 0.25) is 0 Å². The van der Waals surface area contributed by atoms with E-state index < -0.39 is 6.10 Å². The van der Waals surface area contributed by atoms with Gasteiger partial charge in [0, 0.05) is 13.1 Å². The largest absolute Gasteiger partial charge is 0.479 e. The van der Waals surface area contributed by atoms with Gasteiger partial charge in [0.05, 0.1) is 5.69 Å². The molecular formula is C14H21N3O2. The SMILES string of the molecule is CNCc1ccc2c(c1)N(CCCN)C(=O)C(C)O2. The van der Waals surface area contributed by atoms with E-state index in [0.29, 0.717) is 13.1 Å². The van der Waals surface area contributed by atoms with Gasteiger partial charge in [-0.25, -0.2) is 0 Å². The first kappa shape index (κ1) is 13.8. The number of hydrogen-bond acceptors (Lipinski definition) is 4. The number of ether oxygens (including phenoxy) is 1. The van der Waals surface area contributed by atoms with E-state index in [0.717, 1.165) is 30.0 Å². The van der Waals surface area contributed by atoms with E-state index in [4.69, 9.17) is 10.5 Å². The molecule has 5 heteroatoms. The molecule has 1 amide bonds. The molecule has 0 bridgehead atoms. The van der Waals surface area contributed by atoms with E-state index in [1.54, 1.807) is 11.8 Å². The molecule has 19 heavy (non-hydrogen) atoms. The van der Waals surface area contributed by atoms with Gasteiger partial charge >= 0.3 is 0 Å². The van der Waals surface area contributed by atoms with Crippen molar-refractivity contribution in [1.82, 2.24) is 5.32 Å². The summed E-state index contributed by atoms with van der Waals surface area (Å²) in [4.78, 5) is 14.0. The Morgan fingerprint density at radius 2 is 2.26 bits per heavy atom. The summed E-state index contributed by atoms with van der Waals surface area (Å²) < 4.78 is 5.64. The molecule has 1 aliphatic heterocycles. The van der Waals surface area contributed by atoms with Crippen molar-refractivity contribution in [2.45, 2.75) is 26.0 Å². The molecule has 1 aliphatic rings. The molecule has 5 nitrogen and oxygen atoms in total. The maximum Gasteiger partial charge on any atom is 0.267 e. The molecule has 1 aromatic rings. The molecule has 1 aromatic carbocycles. The molecule has 3 N–H and O–H groups in total. The van der Waals surface area contributed by atoms with Crippen LogP contribution in [-0.2, 0) is 11.3 Å². The molecule has 0 aliphatic carbocycles. The Bertz CT molecular complexity index is 462. The van der Waals surface area contributed by atoms with Crippen molar-refractivity contribution in [1.29, 1.82) is 0 Å². The number of nitrogens with two attached hydrogens (primary N) is 1. The lowest BCUT2D eigenvalue weighted by Crippen LogP contribution is -2.45. The summed E-state index contributed by atoms with van der Waals surface area (Å²) in [5.74, 6) is 0.770. The van der Waals surface area contributed by atoms with Crippen molar-refractivity contribution in [2.75, 3.05) is 25.0 Å². The van der Waals surface area contributed by atoms with Gasteiger partial charge in [-0.15, -0.1) is 0 Å². The number of rotatable bonds is 5. The van der Waals surface area contributed by atoms with Gasteiger partial charge in [0.25, 0.3) is 5.91 Å². The van der Waals surface area contributed by atoms with Crippen LogP contribution in [-0.4, -0.2) is 32.1 Å². The van der Waals surface area contributed by atoms with Gasteiger partial charge in [0.15, 0.2) is 6.10 Å². The van der Waals surface area contributed by atoms with Gasteiger partial charge in [-0.1, -0.05) is 6.07 Å². The number of nitrogens with one attached hydrogen (secondary N) is 1. The molecule has 0 saturated carbocycles. The lowest BCUT2D eigenvalue weighted by Gasteiger charge is -2.33. The average Bonchev–Trinajstić information content (AvgIpc) is 2.40. The molecular weight excluding hydrogens is 242 g/mol. The first-order valence-corrected chi connectivity index (χ1v) is 6.63. The van der Waals surface area contributed by atoms with Crippen LogP contribution in [0.5, 0.6) is 5.75 Å². The number of hydrogen-bond donors (Lipinski definition) is 2. The predicted octanol–water partition coefficient (Wildman–Crippen LogP) is 0.869. The number of fused-ring (bicyclic) bond motifs is 1. The molecule has 0 spiro atoms. The zero-order valence-electron chi connectivity index (χ0n) is 11.5. The van der Waals surface area contributed by atoms with Crippen molar-refractivity contribution < 1.29 is 9.53 Å². The van der Waals surface area contributed by atoms with E-state index in [1.165, 1.54) is 0 Å². The van der Waals surface area contributed by atoms with Crippen LogP contribution in [0.25, 0.3) is 0 Å². The second-order valence-corrected chi connectivity index (χ2v) is 4.72. The van der Waals surface area contributed by atoms with Crippen molar-refractivity contribution >= 4 is 11.6 Å². The Morgan fingerprint density at radius 3 is 2.95 bits per heavy atom. The summed E-state index contributed by atoms with van der Waals surface area (Å²) in [6.45, 7) is 3.76. The lowest BCUT2D eigenvalue weighted by atomic mass is 10.1. The molecule has 0 aromatic heterocycles. The highest BCUT2D eigenvalue weighted by Crippen LogP contribution is 2.34. The Kier molecular flexibility index (Phi) is 4.39. The molecule has 1 atom stereocenters. The van der Waals surface area contributed by atoms with Crippen LogP contribution in [0.3, 0.4) is 0 Å². The molecule has 0 radical (unpaired) electrons. The maximum atomic E-state index is 12.2. The van der Waals surface area contributed by atoms with E-state index in [-0.39, 0.29) is 5.91 Å². The van der Waals surface area contributed by atoms with Gasteiger partial charge in [-0.05, 0) is 44.6 Å². The van der Waals surface area contributed by atoms with Gasteiger partial charge in [0.1, 0.15) is 5.75 Å². The number of nitrogens with zero attached hydrogens (tertiary/aromatic N) is 1. The third-order valence-corrected chi connectivity index (χ3v) is 3.20. The quantitative estimate of drug-likeness (QED) is 0.827. The van der Waals surface area contributed by atoms with E-state index >= 15 is 0 Å². The Morgan fingerprint density at radius 1 is 1.47 bits per heavy atom. The molecule has 0 saturated heterocycles. The fraction of sp³-hybridized carbons (Fsp3) is 0.500. The standard InChI is InChI=1S/C14H21N3O2/c1-10-14(18)17(7-3-6-15)12-8-11(9-16-2)4-5-13(12)19-10/h4-5,8,10,16H,3,6-7,9,15H2,1-2H3. The highest BCUT2D eigenvalue weighted by atomic mass is 16.5. The number of carbonyl (C=O) groups is 1. The maximum absolute atomic E-state index is 12.2. The minimum atomic E-state index is -0.430. The first-order valence-electron chi connectivity index (χ1n) is 6.63. The number of anilines is 1. The third kappa shape index (κ3) is 2.88. The van der Waals surface area contributed by atoms with E-state index in [2.05, 4.69) is 5.32 Å². The summed E-state index contributed by atoms with van der Waals surface area (Å²) in [5, 5.41) is 3.10. The second kappa shape index (κ2) is 6.04. The molecule has 104 valence electrons. The summed E-state index contributed by atoms with van der Waals surface area (Å²) in [6, 6.07) is 5.95. The Labute approximate surface area is 113 Å². The monoisotopic (exact) mass is 263 g/mol. The highest BCUT2D eigenvalue weighted by Gasteiger charge is 2.31. The minimum Gasteiger partial charge on any atom is -0.479 e. The number of benzene rings is 1. The predicted molar refractivity (Wildman–Crippen MR) is 75.3 cm³/mol. The molecule has 1 heterocycles. The summed E-state index contributed by atoms with van der Waals surface area (Å²) >= 11 is 0. The zero-order chi connectivity index (χ0) is 13.8. The summed E-state index contributed by atoms with van der Waals surface area (Å²) in [7, 11) is 1.90. The van der Waals surface area contributed by atoms with Crippen LogP contribution < -0.4 is 20.7 Å². The second-order valence-electron chi connectivity index (χ2n) is 4.72. The highest BCUT2D eigenvalue weighted by molar-refractivity contribution is 5.99.